The van der Waals surface area contributed by atoms with Crippen LogP contribution in [0.3, 0.4) is 0 Å². The number of thioether (sulfide) groups is 1. The molecular formula is C24H26N4O6S2. The highest BCUT2D eigenvalue weighted by atomic mass is 32.2. The maximum Gasteiger partial charge on any atom is 0.330 e. The van der Waals surface area contributed by atoms with Gasteiger partial charge in [-0.3, -0.25) is 14.4 Å². The minimum atomic E-state index is -0.830. The molecule has 3 atom stereocenters. The van der Waals surface area contributed by atoms with Crippen molar-refractivity contribution in [2.45, 2.75) is 43.0 Å². The van der Waals surface area contributed by atoms with E-state index in [0.717, 1.165) is 5.56 Å². The first-order valence-corrected chi connectivity index (χ1v) is 12.9. The van der Waals surface area contributed by atoms with Crippen molar-refractivity contribution in [1.82, 2.24) is 15.2 Å². The highest BCUT2D eigenvalue weighted by Crippen LogP contribution is 2.51. The molecule has 3 heterocycles. The van der Waals surface area contributed by atoms with E-state index in [2.05, 4.69) is 10.3 Å². The number of amides is 2. The molecule has 3 N–H and O–H groups in total. The fraction of sp³-hybridized carbons (Fsp3) is 0.375. The summed E-state index contributed by atoms with van der Waals surface area (Å²) in [5.41, 5.74) is 7.28. The summed E-state index contributed by atoms with van der Waals surface area (Å²) in [6, 6.07) is 7.65. The fourth-order valence-electron chi connectivity index (χ4n) is 4.14. The summed E-state index contributed by atoms with van der Waals surface area (Å²) in [6.45, 7) is 4.79. The van der Waals surface area contributed by atoms with Crippen LogP contribution in [0.1, 0.15) is 32.0 Å². The number of fused-ring (bicyclic) bond motifs is 1. The zero-order valence-corrected chi connectivity index (χ0v) is 21.6. The number of rotatable bonds is 8. The monoisotopic (exact) mass is 530 g/mol. The van der Waals surface area contributed by atoms with Gasteiger partial charge in [0, 0.05) is 17.1 Å². The van der Waals surface area contributed by atoms with E-state index in [1.54, 1.807) is 11.5 Å². The Morgan fingerprint density at radius 1 is 1.19 bits per heavy atom. The molecule has 2 aromatic rings. The van der Waals surface area contributed by atoms with Crippen LogP contribution in [0.5, 0.6) is 0 Å². The number of benzene rings is 1. The van der Waals surface area contributed by atoms with E-state index in [0.29, 0.717) is 10.8 Å². The molecule has 4 rings (SSSR count). The molecule has 2 aliphatic rings. The maximum atomic E-state index is 13.3. The fourth-order valence-corrected chi connectivity index (χ4v) is 6.32. The van der Waals surface area contributed by atoms with Gasteiger partial charge >= 0.3 is 11.9 Å². The van der Waals surface area contributed by atoms with E-state index in [1.165, 1.54) is 34.9 Å². The summed E-state index contributed by atoms with van der Waals surface area (Å²) >= 11 is 2.63. The number of nitrogens with two attached hydrogens (primary N) is 1. The van der Waals surface area contributed by atoms with Gasteiger partial charge in [0.1, 0.15) is 30.7 Å². The average molecular weight is 531 g/mol. The van der Waals surface area contributed by atoms with Crippen LogP contribution in [0.15, 0.2) is 35.7 Å². The molecule has 2 amide bonds. The van der Waals surface area contributed by atoms with Gasteiger partial charge in [0.15, 0.2) is 5.13 Å². The number of β-lactam (4-membered cyclic amide) rings is 1. The number of ether oxygens (including phenoxy) is 2. The lowest BCUT2D eigenvalue weighted by Gasteiger charge is -2.44. The summed E-state index contributed by atoms with van der Waals surface area (Å²) in [4.78, 5) is 55.8. The number of carbonyl (C=O) groups excluding carboxylic acids is 4. The van der Waals surface area contributed by atoms with Gasteiger partial charge in [-0.25, -0.2) is 9.78 Å². The van der Waals surface area contributed by atoms with Crippen LogP contribution < -0.4 is 11.1 Å². The molecule has 1 aromatic carbocycles. The first-order valence-electron chi connectivity index (χ1n) is 11.2. The van der Waals surface area contributed by atoms with Crippen LogP contribution in [0.25, 0.3) is 11.6 Å². The SMILES string of the molecule is CC(=O)OCCOC(=O)[C@@H]1N2C(=O)[C@@H](NC(=O)/C(=C\c3ccccc3)c3csc(N)n3)[C@H]2SC1(C)C. The van der Waals surface area contributed by atoms with Gasteiger partial charge in [0.25, 0.3) is 5.91 Å². The normalized spacial score (nSPS) is 22.4. The number of hydrogen-bond acceptors (Lipinski definition) is 10. The van der Waals surface area contributed by atoms with E-state index < -0.39 is 40.1 Å². The van der Waals surface area contributed by atoms with Crippen molar-refractivity contribution >= 4 is 63.6 Å². The van der Waals surface area contributed by atoms with Gasteiger partial charge < -0.3 is 25.4 Å². The highest BCUT2D eigenvalue weighted by Gasteiger charge is 2.64. The Hall–Kier alpha value is -3.38. The molecule has 12 heteroatoms. The predicted octanol–water partition coefficient (Wildman–Crippen LogP) is 1.92. The molecule has 0 unspecified atom stereocenters. The number of thiazole rings is 1. The zero-order valence-electron chi connectivity index (χ0n) is 19.9. The van der Waals surface area contributed by atoms with E-state index >= 15 is 0 Å². The van der Waals surface area contributed by atoms with Crippen molar-refractivity contribution < 1.29 is 28.7 Å². The predicted molar refractivity (Wildman–Crippen MR) is 136 cm³/mol. The number of carbonyl (C=O) groups is 4. The van der Waals surface area contributed by atoms with Gasteiger partial charge in [0.05, 0.1) is 11.3 Å². The van der Waals surface area contributed by atoms with Gasteiger partial charge in [-0.1, -0.05) is 30.3 Å². The van der Waals surface area contributed by atoms with Crippen LogP contribution in [0.4, 0.5) is 5.13 Å². The van der Waals surface area contributed by atoms with Crippen LogP contribution in [-0.4, -0.2) is 69.1 Å². The Bertz CT molecular complexity index is 1210. The van der Waals surface area contributed by atoms with E-state index in [4.69, 9.17) is 15.2 Å². The van der Waals surface area contributed by atoms with Crippen LogP contribution in [-0.2, 0) is 28.7 Å². The second-order valence-corrected chi connectivity index (χ2v) is 11.4. The van der Waals surface area contributed by atoms with E-state index in [1.807, 2.05) is 44.2 Å². The summed E-state index contributed by atoms with van der Waals surface area (Å²) in [6.07, 6.45) is 1.69. The Morgan fingerprint density at radius 3 is 2.53 bits per heavy atom. The average Bonchev–Trinajstić information content (AvgIpc) is 3.37. The molecule has 190 valence electrons. The topological polar surface area (TPSA) is 141 Å². The third-order valence-corrected chi connectivity index (χ3v) is 7.98. The lowest BCUT2D eigenvalue weighted by molar-refractivity contribution is -0.165. The van der Waals surface area contributed by atoms with Gasteiger partial charge in [-0.05, 0) is 25.5 Å². The van der Waals surface area contributed by atoms with Crippen LogP contribution in [0, 0.1) is 0 Å². The molecule has 0 radical (unpaired) electrons. The molecule has 2 fully saturated rings. The number of hydrogen-bond donors (Lipinski definition) is 2. The molecule has 10 nitrogen and oxygen atoms in total. The lowest BCUT2D eigenvalue weighted by Crippen LogP contribution is -2.70. The number of nitrogen functional groups attached to an aromatic ring is 1. The Labute approximate surface area is 216 Å². The minimum absolute atomic E-state index is 0.0604. The molecule has 0 spiro atoms. The number of nitrogens with zero attached hydrogens (tertiary/aromatic N) is 2. The molecule has 0 aliphatic carbocycles. The van der Waals surface area contributed by atoms with Crippen molar-refractivity contribution in [3.8, 4) is 0 Å². The summed E-state index contributed by atoms with van der Waals surface area (Å²) in [5.74, 6) is -1.89. The third kappa shape index (κ3) is 5.24. The molecule has 1 aromatic heterocycles. The number of aromatic nitrogens is 1. The molecular weight excluding hydrogens is 504 g/mol. The lowest BCUT2D eigenvalue weighted by atomic mass is 9.95. The number of nitrogens with one attached hydrogen (secondary N) is 1. The van der Waals surface area contributed by atoms with Crippen molar-refractivity contribution in [3.05, 3.63) is 47.0 Å². The summed E-state index contributed by atoms with van der Waals surface area (Å²) in [7, 11) is 0. The van der Waals surface area contributed by atoms with Gasteiger partial charge in [-0.15, -0.1) is 23.1 Å². The van der Waals surface area contributed by atoms with Gasteiger partial charge in [-0.2, -0.15) is 0 Å². The molecule has 2 saturated heterocycles. The molecule has 0 saturated carbocycles. The second-order valence-electron chi connectivity index (χ2n) is 8.76. The standard InChI is InChI=1S/C24H26N4O6S2/c1-13(29)33-9-10-34-22(32)18-24(2,3)36-21-17(20(31)28(18)21)27-19(30)15(16-12-35-23(25)26-16)11-14-7-5-4-6-8-14/h4-8,11-12,17-18,21H,9-10H2,1-3H3,(H2,25,26)(H,27,30)/b15-11-/t17-,18+,21-/m1/s1. The van der Waals surface area contributed by atoms with E-state index in [-0.39, 0.29) is 24.7 Å². The van der Waals surface area contributed by atoms with E-state index in [9.17, 15) is 19.2 Å². The quantitative estimate of drug-likeness (QED) is 0.227. The smallest absolute Gasteiger partial charge is 0.330 e. The first kappa shape index (κ1) is 25.7. The van der Waals surface area contributed by atoms with Crippen molar-refractivity contribution in [2.24, 2.45) is 0 Å². The van der Waals surface area contributed by atoms with Crippen molar-refractivity contribution in [1.29, 1.82) is 0 Å². The zero-order chi connectivity index (χ0) is 26.0. The Balaban J connectivity index is 1.48. The maximum absolute atomic E-state index is 13.3. The number of anilines is 1. The first-order chi connectivity index (χ1) is 17.1. The number of esters is 2. The van der Waals surface area contributed by atoms with Crippen LogP contribution >= 0.6 is 23.1 Å². The molecule has 0 bridgehead atoms. The highest BCUT2D eigenvalue weighted by molar-refractivity contribution is 8.01. The third-order valence-electron chi connectivity index (χ3n) is 5.74. The van der Waals surface area contributed by atoms with Crippen molar-refractivity contribution in [2.75, 3.05) is 18.9 Å². The second kappa shape index (κ2) is 10.3. The Kier molecular flexibility index (Phi) is 7.36. The van der Waals surface area contributed by atoms with Crippen LogP contribution in [0.2, 0.25) is 0 Å². The largest absolute Gasteiger partial charge is 0.462 e. The molecule has 2 aliphatic heterocycles. The minimum Gasteiger partial charge on any atom is -0.462 e. The Morgan fingerprint density at radius 2 is 1.89 bits per heavy atom. The summed E-state index contributed by atoms with van der Waals surface area (Å²) in [5, 5.41) is 4.41. The molecule has 36 heavy (non-hydrogen) atoms. The van der Waals surface area contributed by atoms with Crippen molar-refractivity contribution in [3.63, 3.8) is 0 Å². The summed E-state index contributed by atoms with van der Waals surface area (Å²) < 4.78 is 9.39. The van der Waals surface area contributed by atoms with Gasteiger partial charge in [0.2, 0.25) is 5.91 Å².